The van der Waals surface area contributed by atoms with Crippen LogP contribution in [0.4, 0.5) is 5.69 Å². The Kier molecular flexibility index (Phi) is 5.48. The number of hydrogen-bond acceptors (Lipinski definition) is 5. The third kappa shape index (κ3) is 4.48. The van der Waals surface area contributed by atoms with Gasteiger partial charge >= 0.3 is 0 Å². The number of benzene rings is 1. The summed E-state index contributed by atoms with van der Waals surface area (Å²) in [6, 6.07) is 8.70. The first kappa shape index (κ1) is 20.5. The molecule has 1 spiro atoms. The van der Waals surface area contributed by atoms with Crippen LogP contribution in [0, 0.1) is 11.3 Å². The van der Waals surface area contributed by atoms with Crippen molar-refractivity contribution in [1.82, 2.24) is 10.4 Å². The zero-order valence-corrected chi connectivity index (χ0v) is 17.9. The van der Waals surface area contributed by atoms with Gasteiger partial charge in [-0.3, -0.25) is 14.8 Å². The summed E-state index contributed by atoms with van der Waals surface area (Å²) in [5, 5.41) is 8.99. The number of nitrogens with one attached hydrogen (secondary N) is 1. The van der Waals surface area contributed by atoms with E-state index in [0.717, 1.165) is 45.7 Å². The number of nitrogens with zero attached hydrogens (tertiary/aromatic N) is 2. The molecule has 7 nitrogen and oxygen atoms in total. The maximum atomic E-state index is 13.6. The van der Waals surface area contributed by atoms with E-state index in [0.29, 0.717) is 6.42 Å². The van der Waals surface area contributed by atoms with Crippen LogP contribution in [0.3, 0.4) is 0 Å². The number of ether oxygens (including phenoxy) is 1. The topological polar surface area (TPSA) is 82.1 Å². The van der Waals surface area contributed by atoms with Crippen molar-refractivity contribution in [2.24, 2.45) is 11.3 Å². The molecule has 166 valence electrons. The molecule has 2 atom stereocenters. The Morgan fingerprint density at radius 3 is 2.52 bits per heavy atom. The van der Waals surface area contributed by atoms with E-state index < -0.39 is 11.8 Å². The van der Waals surface area contributed by atoms with Crippen molar-refractivity contribution in [3.8, 4) is 0 Å². The minimum atomic E-state index is -0.494. The van der Waals surface area contributed by atoms with Crippen molar-refractivity contribution >= 4 is 17.5 Å². The minimum absolute atomic E-state index is 0.0266. The highest BCUT2D eigenvalue weighted by Crippen LogP contribution is 2.59. The molecule has 3 fully saturated rings. The van der Waals surface area contributed by atoms with Gasteiger partial charge in [-0.05, 0) is 55.2 Å². The third-order valence-corrected chi connectivity index (χ3v) is 7.31. The summed E-state index contributed by atoms with van der Waals surface area (Å²) in [4.78, 5) is 29.8. The Labute approximate surface area is 183 Å². The molecule has 7 heteroatoms. The maximum Gasteiger partial charge on any atom is 0.244 e. The Hall–Kier alpha value is -2.38. The van der Waals surface area contributed by atoms with Gasteiger partial charge in [0.2, 0.25) is 11.8 Å². The molecule has 2 amide bonds. The normalized spacial score (nSPS) is 24.7. The smallest absolute Gasteiger partial charge is 0.244 e. The molecule has 1 aromatic rings. The summed E-state index contributed by atoms with van der Waals surface area (Å²) in [7, 11) is 0. The van der Waals surface area contributed by atoms with Crippen molar-refractivity contribution < 1.29 is 19.5 Å². The lowest BCUT2D eigenvalue weighted by atomic mass is 9.95. The van der Waals surface area contributed by atoms with E-state index in [4.69, 9.17) is 9.94 Å². The fourth-order valence-electron chi connectivity index (χ4n) is 5.16. The molecule has 2 aliphatic heterocycles. The Bertz CT molecular complexity index is 871. The predicted molar refractivity (Wildman–Crippen MR) is 116 cm³/mol. The first-order valence-corrected chi connectivity index (χ1v) is 11.4. The van der Waals surface area contributed by atoms with Gasteiger partial charge < -0.3 is 14.5 Å². The summed E-state index contributed by atoms with van der Waals surface area (Å²) in [6.07, 6.45) is 7.01. The number of carbonyl (C=O) groups excluding carboxylic acids is 2. The molecule has 0 bridgehead atoms. The van der Waals surface area contributed by atoms with E-state index in [1.807, 2.05) is 4.90 Å². The van der Waals surface area contributed by atoms with Gasteiger partial charge in [-0.15, -0.1) is 0 Å². The maximum absolute atomic E-state index is 13.6. The Morgan fingerprint density at radius 1 is 1.19 bits per heavy atom. The third-order valence-electron chi connectivity index (χ3n) is 7.31. The predicted octanol–water partition coefficient (Wildman–Crippen LogP) is 2.81. The van der Waals surface area contributed by atoms with Crippen molar-refractivity contribution in [2.45, 2.75) is 44.6 Å². The van der Waals surface area contributed by atoms with Crippen LogP contribution in [0.15, 0.2) is 35.9 Å². The number of likely N-dealkylation sites (tertiary alicyclic amines) is 1. The first-order valence-electron chi connectivity index (χ1n) is 11.4. The fraction of sp³-hybridized carbons (Fsp3) is 0.583. The van der Waals surface area contributed by atoms with E-state index in [9.17, 15) is 9.59 Å². The SMILES string of the molecule is O=C(C[C@@H](CC1=CC1)C(=O)N1CC2(CC2)C[C@H]1c1ccc(N2CCOCC2)cc1)NO. The molecule has 0 aromatic heterocycles. The van der Waals surface area contributed by atoms with Gasteiger partial charge in [-0.2, -0.15) is 0 Å². The van der Waals surface area contributed by atoms with Crippen molar-refractivity contribution in [3.63, 3.8) is 0 Å². The van der Waals surface area contributed by atoms with Gasteiger partial charge in [-0.25, -0.2) is 5.48 Å². The van der Waals surface area contributed by atoms with Crippen LogP contribution in [0.2, 0.25) is 0 Å². The molecule has 0 unspecified atom stereocenters. The second-order valence-corrected chi connectivity index (χ2v) is 9.58. The lowest BCUT2D eigenvalue weighted by Crippen LogP contribution is -2.38. The van der Waals surface area contributed by atoms with Gasteiger partial charge in [0.1, 0.15) is 0 Å². The summed E-state index contributed by atoms with van der Waals surface area (Å²) in [5.41, 5.74) is 5.56. The van der Waals surface area contributed by atoms with E-state index in [2.05, 4.69) is 35.2 Å². The molecule has 2 saturated heterocycles. The largest absolute Gasteiger partial charge is 0.378 e. The van der Waals surface area contributed by atoms with Crippen LogP contribution in [0.5, 0.6) is 0 Å². The standard InChI is InChI=1S/C24H31N3O4/c28-22(25-30)14-19(13-17-1-2-17)23(29)27-16-24(7-8-24)15-21(27)18-3-5-20(6-4-18)26-9-11-31-12-10-26/h1,3-6,19,21,30H,2,7-16H2,(H,25,28)/t19-,21+/m1/s1. The molecule has 1 aromatic carbocycles. The van der Waals surface area contributed by atoms with Crippen LogP contribution in [0.1, 0.15) is 50.1 Å². The zero-order valence-electron chi connectivity index (χ0n) is 17.9. The average molecular weight is 426 g/mol. The quantitative estimate of drug-likeness (QED) is 0.399. The fourth-order valence-corrected chi connectivity index (χ4v) is 5.16. The van der Waals surface area contributed by atoms with Crippen LogP contribution < -0.4 is 10.4 Å². The van der Waals surface area contributed by atoms with E-state index in [-0.39, 0.29) is 23.8 Å². The second-order valence-electron chi connectivity index (χ2n) is 9.58. The van der Waals surface area contributed by atoms with Crippen LogP contribution >= 0.6 is 0 Å². The highest BCUT2D eigenvalue weighted by atomic mass is 16.5. The van der Waals surface area contributed by atoms with Crippen LogP contribution in [-0.4, -0.2) is 54.8 Å². The molecule has 31 heavy (non-hydrogen) atoms. The highest BCUT2D eigenvalue weighted by Gasteiger charge is 2.54. The van der Waals surface area contributed by atoms with E-state index in [1.54, 1.807) is 5.48 Å². The van der Waals surface area contributed by atoms with Gasteiger partial charge in [0.15, 0.2) is 0 Å². The van der Waals surface area contributed by atoms with Gasteiger partial charge in [-0.1, -0.05) is 23.8 Å². The number of amides is 2. The van der Waals surface area contributed by atoms with Crippen molar-refractivity contribution in [3.05, 3.63) is 41.5 Å². The molecule has 2 aliphatic carbocycles. The number of rotatable bonds is 7. The lowest BCUT2D eigenvalue weighted by molar-refractivity contribution is -0.141. The van der Waals surface area contributed by atoms with E-state index in [1.165, 1.54) is 29.7 Å². The zero-order chi connectivity index (χ0) is 21.4. The van der Waals surface area contributed by atoms with Crippen molar-refractivity contribution in [1.29, 1.82) is 0 Å². The number of carbonyl (C=O) groups is 2. The van der Waals surface area contributed by atoms with E-state index >= 15 is 0 Å². The average Bonchev–Trinajstić information content (AvgIpc) is 3.72. The molecule has 0 radical (unpaired) electrons. The number of hydroxylamine groups is 1. The van der Waals surface area contributed by atoms with Gasteiger partial charge in [0.25, 0.3) is 0 Å². The first-order chi connectivity index (χ1) is 15.1. The molecule has 1 saturated carbocycles. The molecular weight excluding hydrogens is 394 g/mol. The van der Waals surface area contributed by atoms with Crippen LogP contribution in [-0.2, 0) is 14.3 Å². The number of morpholine rings is 1. The molecular formula is C24H31N3O4. The number of hydrogen-bond donors (Lipinski definition) is 2. The summed E-state index contributed by atoms with van der Waals surface area (Å²) in [5.74, 6) is -0.862. The summed E-state index contributed by atoms with van der Waals surface area (Å²) >= 11 is 0. The number of allylic oxidation sites excluding steroid dienone is 2. The lowest BCUT2D eigenvalue weighted by Gasteiger charge is -2.31. The Balaban J connectivity index is 1.34. The minimum Gasteiger partial charge on any atom is -0.378 e. The summed E-state index contributed by atoms with van der Waals surface area (Å²) < 4.78 is 5.45. The van der Waals surface area contributed by atoms with Gasteiger partial charge in [0, 0.05) is 31.7 Å². The molecule has 5 rings (SSSR count). The van der Waals surface area contributed by atoms with Gasteiger partial charge in [0.05, 0.1) is 25.2 Å². The second kappa shape index (κ2) is 8.28. The van der Waals surface area contributed by atoms with Crippen molar-refractivity contribution in [2.75, 3.05) is 37.7 Å². The molecule has 2 heterocycles. The number of anilines is 1. The highest BCUT2D eigenvalue weighted by molar-refractivity contribution is 5.86. The summed E-state index contributed by atoms with van der Waals surface area (Å²) in [6.45, 7) is 4.10. The Morgan fingerprint density at radius 2 is 1.90 bits per heavy atom. The van der Waals surface area contributed by atoms with Crippen LogP contribution in [0.25, 0.3) is 0 Å². The molecule has 2 N–H and O–H groups in total. The molecule has 4 aliphatic rings. The monoisotopic (exact) mass is 425 g/mol.